The van der Waals surface area contributed by atoms with Crippen molar-refractivity contribution >= 4 is 35.2 Å². The average molecular weight is 892 g/mol. The van der Waals surface area contributed by atoms with Crippen LogP contribution < -0.4 is 10.1 Å². The zero-order chi connectivity index (χ0) is 45.5. The summed E-state index contributed by atoms with van der Waals surface area (Å²) in [5.74, 6) is 0.0712. The molecule has 11 heteroatoms. The predicted octanol–water partition coefficient (Wildman–Crippen LogP) is 9.70. The van der Waals surface area contributed by atoms with Crippen LogP contribution in [0.15, 0.2) is 29.3 Å². The van der Waals surface area contributed by atoms with Gasteiger partial charge in [0.15, 0.2) is 5.78 Å². The number of benzene rings is 1. The number of morpholine rings is 1. The lowest BCUT2D eigenvalue weighted by molar-refractivity contribution is -0.236. The summed E-state index contributed by atoms with van der Waals surface area (Å²) >= 11 is 6.42. The topological polar surface area (TPSA) is 131 Å². The molecule has 0 radical (unpaired) electrons. The molecule has 1 aliphatic heterocycles. The van der Waals surface area contributed by atoms with Gasteiger partial charge in [0, 0.05) is 60.4 Å². The molecule has 0 spiro atoms. The SMILES string of the molecule is CC(C)C1=C2[C@H]3CC[C@@H]4[C@@]5(C)CC[C@H](OC(=O)[C@H]6C[C@@H](C(=O)O)C6(C)C)C(C)(C)[C@@H]5CC[C@@]4(C)[C@]3(C)CC[C@@]2(CC(=O)NCc2ccc(Cl)cc2OCCN2CCOCC2)CC1=O. The van der Waals surface area contributed by atoms with Crippen molar-refractivity contribution in [3.63, 3.8) is 0 Å². The number of hydrogen-bond acceptors (Lipinski definition) is 8. The third-order valence-electron chi connectivity index (χ3n) is 19.4. The number of ether oxygens (including phenoxy) is 3. The van der Waals surface area contributed by atoms with Gasteiger partial charge in [-0.15, -0.1) is 0 Å². The number of halogens is 1. The normalized spacial score (nSPS) is 38.1. The van der Waals surface area contributed by atoms with Crippen molar-refractivity contribution < 1.29 is 38.5 Å². The van der Waals surface area contributed by atoms with Crippen LogP contribution in [0.2, 0.25) is 5.02 Å². The molecule has 1 aromatic carbocycles. The third-order valence-corrected chi connectivity index (χ3v) is 19.6. The Morgan fingerprint density at radius 1 is 0.905 bits per heavy atom. The Morgan fingerprint density at radius 2 is 1.63 bits per heavy atom. The van der Waals surface area contributed by atoms with Crippen molar-refractivity contribution in [1.82, 2.24) is 10.2 Å². The Balaban J connectivity index is 0.980. The lowest BCUT2D eigenvalue weighted by Crippen LogP contribution is -2.66. The second kappa shape index (κ2) is 16.7. The first-order valence-corrected chi connectivity index (χ1v) is 24.7. The highest BCUT2D eigenvalue weighted by Gasteiger charge is 2.70. The van der Waals surface area contributed by atoms with E-state index in [9.17, 15) is 24.3 Å². The number of carboxylic acid groups (broad SMARTS) is 1. The van der Waals surface area contributed by atoms with Crippen LogP contribution in [0.5, 0.6) is 5.75 Å². The molecule has 1 saturated heterocycles. The lowest BCUT2D eigenvalue weighted by Gasteiger charge is -2.72. The van der Waals surface area contributed by atoms with Crippen LogP contribution in [-0.2, 0) is 35.2 Å². The fourth-order valence-corrected chi connectivity index (χ4v) is 15.7. The van der Waals surface area contributed by atoms with E-state index in [1.54, 1.807) is 0 Å². The van der Waals surface area contributed by atoms with Crippen LogP contribution in [0.3, 0.4) is 0 Å². The second-order valence-electron chi connectivity index (χ2n) is 23.3. The number of allylic oxidation sites excluding steroid dienone is 2. The molecule has 2 N–H and O–H groups in total. The summed E-state index contributed by atoms with van der Waals surface area (Å²) in [4.78, 5) is 56.3. The molecule has 1 heterocycles. The van der Waals surface area contributed by atoms with Gasteiger partial charge in [-0.3, -0.25) is 24.1 Å². The maximum Gasteiger partial charge on any atom is 0.309 e. The molecule has 10 atom stereocenters. The number of rotatable bonds is 12. The first-order chi connectivity index (χ1) is 29.6. The number of carboxylic acids is 1. The van der Waals surface area contributed by atoms with Gasteiger partial charge in [0.25, 0.3) is 0 Å². The minimum Gasteiger partial charge on any atom is -0.492 e. The number of carbonyl (C=O) groups is 4. The molecule has 0 unspecified atom stereocenters. The number of amides is 1. The summed E-state index contributed by atoms with van der Waals surface area (Å²) in [5, 5.41) is 13.5. The van der Waals surface area contributed by atoms with E-state index < -0.39 is 28.6 Å². The first kappa shape index (κ1) is 46.6. The molecular formula is C52H75ClN2O8. The summed E-state index contributed by atoms with van der Waals surface area (Å²) in [7, 11) is 0. The lowest BCUT2D eigenvalue weighted by atomic mass is 9.33. The molecule has 6 fully saturated rings. The van der Waals surface area contributed by atoms with E-state index in [0.717, 1.165) is 95.4 Å². The molecule has 6 aliphatic carbocycles. The zero-order valence-corrected chi connectivity index (χ0v) is 40.4. The minimum absolute atomic E-state index is 0.0293. The van der Waals surface area contributed by atoms with Gasteiger partial charge in [0.2, 0.25) is 5.91 Å². The highest BCUT2D eigenvalue weighted by atomic mass is 35.5. The van der Waals surface area contributed by atoms with Crippen molar-refractivity contribution in [2.45, 2.75) is 146 Å². The van der Waals surface area contributed by atoms with Gasteiger partial charge in [-0.2, -0.15) is 0 Å². The number of hydrogen-bond donors (Lipinski definition) is 2. The summed E-state index contributed by atoms with van der Waals surface area (Å²) < 4.78 is 18.2. The standard InChI is InChI=1S/C52H75ClN2O8/c1-31(2)43-37(56)28-52(29-42(57)54-30-32-10-11-33(53)26-38(32)62-25-22-55-20-23-61-24-21-55)19-18-50(8)34(44(43)52)12-13-40-49(7)16-15-41(48(5,6)39(49)14-17-51(40,50)9)63-46(60)36-27-35(45(58)59)47(36,3)4/h10-11,26,31,34-36,39-41H,12-25,27-30H2,1-9H3,(H,54,57)(H,58,59)/t34-,35+,36-,39+,40-,41+,49+,50-,51-,52+/m1/s1. The molecule has 5 saturated carbocycles. The van der Waals surface area contributed by atoms with Crippen molar-refractivity contribution in [2.75, 3.05) is 39.5 Å². The number of aliphatic carboxylic acids is 1. The first-order valence-electron chi connectivity index (χ1n) is 24.3. The fourth-order valence-electron chi connectivity index (χ4n) is 15.6. The van der Waals surface area contributed by atoms with Gasteiger partial charge in [0.05, 0.1) is 25.0 Å². The van der Waals surface area contributed by atoms with Crippen LogP contribution >= 0.6 is 11.6 Å². The van der Waals surface area contributed by atoms with Crippen molar-refractivity contribution in [1.29, 1.82) is 0 Å². The minimum atomic E-state index is -0.835. The smallest absolute Gasteiger partial charge is 0.309 e. The van der Waals surface area contributed by atoms with Crippen molar-refractivity contribution in [3.8, 4) is 5.75 Å². The Hall–Kier alpha value is -2.95. The summed E-state index contributed by atoms with van der Waals surface area (Å²) in [6.07, 6.45) is 8.68. The highest BCUT2D eigenvalue weighted by Crippen LogP contribution is 2.77. The zero-order valence-electron chi connectivity index (χ0n) is 39.6. The van der Waals surface area contributed by atoms with Gasteiger partial charge >= 0.3 is 11.9 Å². The number of nitrogens with zero attached hydrogens (tertiary/aromatic N) is 1. The quantitative estimate of drug-likeness (QED) is 0.197. The van der Waals surface area contributed by atoms with Gasteiger partial charge in [-0.25, -0.2) is 0 Å². The van der Waals surface area contributed by atoms with E-state index in [0.29, 0.717) is 55.0 Å². The van der Waals surface area contributed by atoms with Gasteiger partial charge in [-0.1, -0.05) is 85.6 Å². The molecule has 0 aromatic heterocycles. The van der Waals surface area contributed by atoms with Gasteiger partial charge in [-0.05, 0) is 121 Å². The molecule has 0 bridgehead atoms. The Kier molecular flexibility index (Phi) is 12.4. The van der Waals surface area contributed by atoms with Gasteiger partial charge in [0.1, 0.15) is 18.5 Å². The largest absolute Gasteiger partial charge is 0.492 e. The Labute approximate surface area is 381 Å². The molecule has 63 heavy (non-hydrogen) atoms. The van der Waals surface area contributed by atoms with Crippen LogP contribution in [0.1, 0.15) is 139 Å². The maximum absolute atomic E-state index is 14.3. The van der Waals surface area contributed by atoms with E-state index in [1.807, 2.05) is 32.0 Å². The van der Waals surface area contributed by atoms with Crippen LogP contribution in [0.25, 0.3) is 0 Å². The van der Waals surface area contributed by atoms with E-state index in [-0.39, 0.29) is 57.3 Å². The highest BCUT2D eigenvalue weighted by molar-refractivity contribution is 6.30. The molecule has 1 amide bonds. The number of nitrogens with one attached hydrogen (secondary N) is 1. The van der Waals surface area contributed by atoms with E-state index in [4.69, 9.17) is 25.8 Å². The number of carbonyl (C=O) groups excluding carboxylic acids is 3. The summed E-state index contributed by atoms with van der Waals surface area (Å²) in [5.41, 5.74) is 1.90. The maximum atomic E-state index is 14.3. The van der Waals surface area contributed by atoms with Crippen LogP contribution in [0, 0.1) is 68.0 Å². The van der Waals surface area contributed by atoms with E-state index in [2.05, 4.69) is 58.7 Å². The van der Waals surface area contributed by atoms with Crippen molar-refractivity contribution in [3.05, 3.63) is 39.9 Å². The molecular weight excluding hydrogens is 816 g/mol. The second-order valence-corrected chi connectivity index (χ2v) is 23.7. The van der Waals surface area contributed by atoms with Crippen molar-refractivity contribution in [2.24, 2.45) is 68.0 Å². The third kappa shape index (κ3) is 7.69. The van der Waals surface area contributed by atoms with Crippen LogP contribution in [0.4, 0.5) is 0 Å². The molecule has 1 aromatic rings. The predicted molar refractivity (Wildman–Crippen MR) is 243 cm³/mol. The molecule has 348 valence electrons. The number of ketones is 1. The number of esters is 1. The Morgan fingerprint density at radius 3 is 2.32 bits per heavy atom. The van der Waals surface area contributed by atoms with E-state index in [1.165, 1.54) is 5.57 Å². The van der Waals surface area contributed by atoms with E-state index >= 15 is 0 Å². The fraction of sp³-hybridized carbons (Fsp3) is 0.769. The summed E-state index contributed by atoms with van der Waals surface area (Å²) in [6, 6.07) is 5.60. The molecule has 8 rings (SSSR count). The monoisotopic (exact) mass is 891 g/mol. The molecule has 10 nitrogen and oxygen atoms in total. The number of fused-ring (bicyclic) bond motifs is 7. The van der Waals surface area contributed by atoms with Crippen LogP contribution in [-0.4, -0.2) is 79.2 Å². The van der Waals surface area contributed by atoms with Gasteiger partial charge < -0.3 is 24.6 Å². The average Bonchev–Trinajstić information content (AvgIpc) is 3.50. The number of Topliss-reactive ketones (excluding diaryl/α,β-unsaturated/α-hetero) is 1. The summed E-state index contributed by atoms with van der Waals surface area (Å²) in [6.45, 7) is 25.2. The Bertz CT molecular complexity index is 2020. The molecule has 7 aliphatic rings.